The van der Waals surface area contributed by atoms with Crippen LogP contribution in [-0.4, -0.2) is 47.2 Å². The molecular formula is C19H22N2O5S. The van der Waals surface area contributed by atoms with Crippen molar-refractivity contribution in [3.8, 4) is 5.75 Å². The van der Waals surface area contributed by atoms with Crippen molar-refractivity contribution in [3.05, 3.63) is 53.6 Å². The second kappa shape index (κ2) is 7.58. The van der Waals surface area contributed by atoms with Gasteiger partial charge in [-0.3, -0.25) is 13.9 Å². The van der Waals surface area contributed by atoms with E-state index in [0.29, 0.717) is 12.2 Å². The summed E-state index contributed by atoms with van der Waals surface area (Å²) < 4.78 is 33.5. The molecule has 1 amide bonds. The highest BCUT2D eigenvalue weighted by atomic mass is 32.2. The van der Waals surface area contributed by atoms with Gasteiger partial charge in [0.15, 0.2) is 0 Å². The lowest BCUT2D eigenvalue weighted by Crippen LogP contribution is -2.36. The Morgan fingerprint density at radius 2 is 1.89 bits per heavy atom. The van der Waals surface area contributed by atoms with Crippen LogP contribution in [0.15, 0.2) is 47.4 Å². The molecule has 1 aliphatic rings. The Labute approximate surface area is 159 Å². The average molecular weight is 390 g/mol. The first kappa shape index (κ1) is 19.2. The predicted octanol–water partition coefficient (Wildman–Crippen LogP) is 2.47. The molecule has 27 heavy (non-hydrogen) atoms. The zero-order chi connectivity index (χ0) is 19.6. The molecule has 0 spiro atoms. The van der Waals surface area contributed by atoms with E-state index in [2.05, 4.69) is 0 Å². The van der Waals surface area contributed by atoms with Crippen molar-refractivity contribution < 1.29 is 22.8 Å². The first-order chi connectivity index (χ1) is 12.9. The number of para-hydroxylation sites is 1. The molecule has 0 atom stereocenters. The molecule has 2 aromatic carbocycles. The number of carbonyl (C=O) groups is 1. The third-order valence-electron chi connectivity index (χ3n) is 4.61. The third-order valence-corrected chi connectivity index (χ3v) is 6.44. The third kappa shape index (κ3) is 3.50. The van der Waals surface area contributed by atoms with Gasteiger partial charge in [0.05, 0.1) is 19.9 Å². The van der Waals surface area contributed by atoms with E-state index in [-0.39, 0.29) is 16.2 Å². The van der Waals surface area contributed by atoms with Gasteiger partial charge in [-0.15, -0.1) is 0 Å². The minimum Gasteiger partial charge on any atom is -0.495 e. The number of methoxy groups -OCH3 is 1. The summed E-state index contributed by atoms with van der Waals surface area (Å²) in [4.78, 5) is 17.2. The van der Waals surface area contributed by atoms with Crippen LogP contribution in [0.1, 0.15) is 22.3 Å². The van der Waals surface area contributed by atoms with Gasteiger partial charge in [0.25, 0.3) is 15.9 Å². The van der Waals surface area contributed by atoms with E-state index in [4.69, 9.17) is 9.57 Å². The molecule has 0 unspecified atom stereocenters. The number of hydrogen-bond donors (Lipinski definition) is 0. The second-order valence-corrected chi connectivity index (χ2v) is 7.99. The largest absolute Gasteiger partial charge is 0.495 e. The van der Waals surface area contributed by atoms with Crippen molar-refractivity contribution in [2.45, 2.75) is 17.7 Å². The minimum absolute atomic E-state index is 0.0444. The van der Waals surface area contributed by atoms with Gasteiger partial charge < -0.3 is 4.74 Å². The van der Waals surface area contributed by atoms with Crippen LogP contribution < -0.4 is 9.04 Å². The number of nitrogens with zero attached hydrogens (tertiary/aromatic N) is 2. The van der Waals surface area contributed by atoms with Crippen LogP contribution in [-0.2, 0) is 21.3 Å². The van der Waals surface area contributed by atoms with E-state index in [1.165, 1.54) is 43.8 Å². The first-order valence-corrected chi connectivity index (χ1v) is 9.95. The lowest BCUT2D eigenvalue weighted by Gasteiger charge is -2.31. The summed E-state index contributed by atoms with van der Waals surface area (Å²) in [7, 11) is 0.319. The molecular weight excluding hydrogens is 368 g/mol. The molecule has 0 N–H and O–H groups in total. The summed E-state index contributed by atoms with van der Waals surface area (Å²) in [6.07, 6.45) is 1.56. The number of fused-ring (bicyclic) bond motifs is 1. The summed E-state index contributed by atoms with van der Waals surface area (Å²) in [6, 6.07) is 11.8. The highest BCUT2D eigenvalue weighted by molar-refractivity contribution is 7.93. The molecule has 0 aromatic heterocycles. The normalized spacial score (nSPS) is 13.8. The molecule has 8 heteroatoms. The number of carbonyl (C=O) groups excluding carboxylic acids is 1. The van der Waals surface area contributed by atoms with Gasteiger partial charge in [-0.25, -0.2) is 13.5 Å². The lowest BCUT2D eigenvalue weighted by molar-refractivity contribution is -0.0757. The van der Waals surface area contributed by atoms with Gasteiger partial charge in [-0.2, -0.15) is 0 Å². The standard InChI is InChI=1S/C19H22N2O5S/c1-20(26-3)19(22)15-10-11-17(25-2)18(13-15)27(23,24)21-12-6-8-14-7-4-5-9-16(14)21/h4-5,7,9-11,13H,6,8,12H2,1-3H3. The Bertz CT molecular complexity index is 958. The number of hydrogen-bond acceptors (Lipinski definition) is 5. The van der Waals surface area contributed by atoms with Crippen molar-refractivity contribution in [1.82, 2.24) is 5.06 Å². The smallest absolute Gasteiger partial charge is 0.277 e. The molecule has 0 saturated carbocycles. The van der Waals surface area contributed by atoms with E-state index in [1.807, 2.05) is 18.2 Å². The minimum atomic E-state index is -3.91. The highest BCUT2D eigenvalue weighted by Gasteiger charge is 2.32. The summed E-state index contributed by atoms with van der Waals surface area (Å²) in [5.74, 6) is -0.259. The van der Waals surface area contributed by atoms with Crippen LogP contribution >= 0.6 is 0 Å². The van der Waals surface area contributed by atoms with Crippen LogP contribution in [0.25, 0.3) is 0 Å². The van der Waals surface area contributed by atoms with Crippen molar-refractivity contribution in [1.29, 1.82) is 0 Å². The summed E-state index contributed by atoms with van der Waals surface area (Å²) >= 11 is 0. The fourth-order valence-electron chi connectivity index (χ4n) is 3.14. The molecule has 0 bridgehead atoms. The van der Waals surface area contributed by atoms with Gasteiger partial charge >= 0.3 is 0 Å². The topological polar surface area (TPSA) is 76.1 Å². The monoisotopic (exact) mass is 390 g/mol. The molecule has 2 aromatic rings. The molecule has 1 heterocycles. The van der Waals surface area contributed by atoms with Gasteiger partial charge in [0.1, 0.15) is 10.6 Å². The van der Waals surface area contributed by atoms with E-state index in [9.17, 15) is 13.2 Å². The number of amides is 1. The van der Waals surface area contributed by atoms with Crippen molar-refractivity contribution in [3.63, 3.8) is 0 Å². The Morgan fingerprint density at radius 3 is 2.59 bits per heavy atom. The SMILES string of the molecule is COc1ccc(C(=O)N(C)OC)cc1S(=O)(=O)N1CCCc2ccccc21. The Kier molecular flexibility index (Phi) is 5.38. The fourth-order valence-corrected chi connectivity index (χ4v) is 4.87. The highest BCUT2D eigenvalue weighted by Crippen LogP contribution is 2.35. The average Bonchev–Trinajstić information content (AvgIpc) is 2.71. The Morgan fingerprint density at radius 1 is 1.15 bits per heavy atom. The van der Waals surface area contributed by atoms with Crippen LogP contribution in [0, 0.1) is 0 Å². The van der Waals surface area contributed by atoms with E-state index in [1.54, 1.807) is 6.07 Å². The molecule has 0 fully saturated rings. The summed E-state index contributed by atoms with van der Waals surface area (Å²) in [5, 5.41) is 1.04. The first-order valence-electron chi connectivity index (χ1n) is 8.51. The summed E-state index contributed by atoms with van der Waals surface area (Å²) in [6.45, 7) is 0.374. The molecule has 0 aliphatic carbocycles. The number of aryl methyl sites for hydroxylation is 1. The predicted molar refractivity (Wildman–Crippen MR) is 101 cm³/mol. The number of rotatable bonds is 5. The Balaban J connectivity index is 2.10. The van der Waals surface area contributed by atoms with E-state index >= 15 is 0 Å². The number of anilines is 1. The molecule has 0 saturated heterocycles. The van der Waals surface area contributed by atoms with Crippen LogP contribution in [0.4, 0.5) is 5.69 Å². The lowest BCUT2D eigenvalue weighted by atomic mass is 10.0. The van der Waals surface area contributed by atoms with Crippen molar-refractivity contribution in [2.75, 3.05) is 32.1 Å². The number of hydroxylamine groups is 2. The van der Waals surface area contributed by atoms with Gasteiger partial charge in [0, 0.05) is 19.2 Å². The van der Waals surface area contributed by atoms with Crippen molar-refractivity contribution >= 4 is 21.6 Å². The molecule has 0 radical (unpaired) electrons. The molecule has 144 valence electrons. The van der Waals surface area contributed by atoms with Gasteiger partial charge in [0.2, 0.25) is 0 Å². The van der Waals surface area contributed by atoms with Crippen molar-refractivity contribution in [2.24, 2.45) is 0 Å². The molecule has 1 aliphatic heterocycles. The molecule has 3 rings (SSSR count). The van der Waals surface area contributed by atoms with Gasteiger partial charge in [-0.1, -0.05) is 18.2 Å². The summed E-state index contributed by atoms with van der Waals surface area (Å²) in [5.41, 5.74) is 1.85. The maximum absolute atomic E-state index is 13.4. The quantitative estimate of drug-likeness (QED) is 0.733. The van der Waals surface area contributed by atoms with E-state index in [0.717, 1.165) is 23.5 Å². The van der Waals surface area contributed by atoms with Crippen LogP contribution in [0.5, 0.6) is 5.75 Å². The number of sulfonamides is 1. The number of benzene rings is 2. The molecule has 7 nitrogen and oxygen atoms in total. The Hall–Kier alpha value is -2.58. The maximum atomic E-state index is 13.4. The van der Waals surface area contributed by atoms with Gasteiger partial charge in [-0.05, 0) is 42.7 Å². The number of ether oxygens (including phenoxy) is 1. The van der Waals surface area contributed by atoms with E-state index < -0.39 is 15.9 Å². The second-order valence-electron chi connectivity index (χ2n) is 6.16. The van der Waals surface area contributed by atoms with Crippen LogP contribution in [0.3, 0.4) is 0 Å². The zero-order valence-corrected chi connectivity index (χ0v) is 16.3. The van der Waals surface area contributed by atoms with Crippen LogP contribution in [0.2, 0.25) is 0 Å². The fraction of sp³-hybridized carbons (Fsp3) is 0.316. The maximum Gasteiger partial charge on any atom is 0.277 e. The zero-order valence-electron chi connectivity index (χ0n) is 15.5.